The number of ether oxygens (including phenoxy) is 1. The van der Waals surface area contributed by atoms with Gasteiger partial charge in [0.25, 0.3) is 0 Å². The van der Waals surface area contributed by atoms with Crippen molar-refractivity contribution in [3.63, 3.8) is 0 Å². The third kappa shape index (κ3) is 7.78. The van der Waals surface area contributed by atoms with Gasteiger partial charge in [0, 0.05) is 12.7 Å². The third-order valence-electron chi connectivity index (χ3n) is 2.62. The van der Waals surface area contributed by atoms with Crippen LogP contribution in [0.5, 0.6) is 5.88 Å². The van der Waals surface area contributed by atoms with Crippen LogP contribution in [-0.2, 0) is 6.54 Å². The first-order chi connectivity index (χ1) is 8.87. The molecule has 0 aromatic carbocycles. The number of nitrogens with one attached hydrogen (secondary N) is 1. The molecular formula is C15H27N3O. The fourth-order valence-electron chi connectivity index (χ4n) is 1.49. The second-order valence-electron chi connectivity index (χ2n) is 6.53. The van der Waals surface area contributed by atoms with Crippen LogP contribution < -0.4 is 10.1 Å². The summed E-state index contributed by atoms with van der Waals surface area (Å²) < 4.78 is 5.65. The van der Waals surface area contributed by atoms with Crippen LogP contribution in [0, 0.1) is 11.3 Å². The van der Waals surface area contributed by atoms with Gasteiger partial charge in [-0.2, -0.15) is 0 Å². The molecule has 0 amide bonds. The van der Waals surface area contributed by atoms with Crippen LogP contribution in [-0.4, -0.2) is 23.1 Å². The molecule has 0 spiro atoms. The van der Waals surface area contributed by atoms with Crippen molar-refractivity contribution in [2.75, 3.05) is 13.2 Å². The predicted molar refractivity (Wildman–Crippen MR) is 78.1 cm³/mol. The van der Waals surface area contributed by atoms with Gasteiger partial charge in [-0.05, 0) is 24.3 Å². The SMILES string of the molecule is CC(C)CNCc1cncc(OCCC(C)(C)C)n1. The summed E-state index contributed by atoms with van der Waals surface area (Å²) in [7, 11) is 0. The minimum atomic E-state index is 0.282. The number of hydrogen-bond acceptors (Lipinski definition) is 4. The maximum Gasteiger partial charge on any atom is 0.232 e. The Morgan fingerprint density at radius 2 is 2.00 bits per heavy atom. The van der Waals surface area contributed by atoms with E-state index in [2.05, 4.69) is 49.9 Å². The summed E-state index contributed by atoms with van der Waals surface area (Å²) in [6, 6.07) is 0. The summed E-state index contributed by atoms with van der Waals surface area (Å²) in [5.74, 6) is 1.26. The zero-order chi connectivity index (χ0) is 14.3. The van der Waals surface area contributed by atoms with E-state index in [0.717, 1.165) is 25.2 Å². The second kappa shape index (κ2) is 7.43. The Kier molecular flexibility index (Phi) is 6.22. The van der Waals surface area contributed by atoms with Gasteiger partial charge >= 0.3 is 0 Å². The molecule has 0 unspecified atom stereocenters. The first-order valence-electron chi connectivity index (χ1n) is 7.01. The van der Waals surface area contributed by atoms with Crippen LogP contribution in [0.15, 0.2) is 12.4 Å². The highest BCUT2D eigenvalue weighted by molar-refractivity contribution is 5.08. The number of hydrogen-bond donors (Lipinski definition) is 1. The number of aromatic nitrogens is 2. The first kappa shape index (κ1) is 15.9. The molecule has 0 atom stereocenters. The zero-order valence-electron chi connectivity index (χ0n) is 12.9. The molecule has 0 aliphatic heterocycles. The summed E-state index contributed by atoms with van der Waals surface area (Å²) in [4.78, 5) is 8.61. The van der Waals surface area contributed by atoms with E-state index in [9.17, 15) is 0 Å². The van der Waals surface area contributed by atoms with Gasteiger partial charge in [-0.15, -0.1) is 0 Å². The molecule has 4 heteroatoms. The Hall–Kier alpha value is -1.16. The molecule has 0 saturated carbocycles. The van der Waals surface area contributed by atoms with Gasteiger partial charge in [0.05, 0.1) is 18.5 Å². The monoisotopic (exact) mass is 265 g/mol. The first-order valence-corrected chi connectivity index (χ1v) is 7.01. The van der Waals surface area contributed by atoms with E-state index in [1.165, 1.54) is 0 Å². The van der Waals surface area contributed by atoms with Crippen LogP contribution in [0.25, 0.3) is 0 Å². The molecule has 1 heterocycles. The van der Waals surface area contributed by atoms with Gasteiger partial charge in [-0.1, -0.05) is 34.6 Å². The van der Waals surface area contributed by atoms with Crippen molar-refractivity contribution in [2.45, 2.75) is 47.6 Å². The van der Waals surface area contributed by atoms with Gasteiger partial charge in [0.2, 0.25) is 5.88 Å². The molecule has 0 saturated heterocycles. The quantitative estimate of drug-likeness (QED) is 0.823. The van der Waals surface area contributed by atoms with Crippen LogP contribution in [0.4, 0.5) is 0 Å². The summed E-state index contributed by atoms with van der Waals surface area (Å²) in [5, 5.41) is 3.35. The lowest BCUT2D eigenvalue weighted by atomic mass is 9.93. The van der Waals surface area contributed by atoms with Crippen molar-refractivity contribution < 1.29 is 4.74 Å². The molecule has 108 valence electrons. The van der Waals surface area contributed by atoms with E-state index >= 15 is 0 Å². The summed E-state index contributed by atoms with van der Waals surface area (Å²) in [6.45, 7) is 13.4. The number of rotatable bonds is 7. The van der Waals surface area contributed by atoms with E-state index in [4.69, 9.17) is 4.74 Å². The fraction of sp³-hybridized carbons (Fsp3) is 0.733. The molecule has 0 fully saturated rings. The van der Waals surface area contributed by atoms with E-state index in [-0.39, 0.29) is 5.41 Å². The molecule has 1 aromatic heterocycles. The van der Waals surface area contributed by atoms with E-state index in [0.29, 0.717) is 18.4 Å². The zero-order valence-corrected chi connectivity index (χ0v) is 12.9. The third-order valence-corrected chi connectivity index (χ3v) is 2.62. The Balaban J connectivity index is 2.39. The van der Waals surface area contributed by atoms with Crippen molar-refractivity contribution in [2.24, 2.45) is 11.3 Å². The largest absolute Gasteiger partial charge is 0.477 e. The highest BCUT2D eigenvalue weighted by Gasteiger charge is 2.10. The lowest BCUT2D eigenvalue weighted by molar-refractivity contribution is 0.235. The van der Waals surface area contributed by atoms with E-state index in [1.54, 1.807) is 12.4 Å². The van der Waals surface area contributed by atoms with Crippen molar-refractivity contribution in [3.05, 3.63) is 18.1 Å². The smallest absolute Gasteiger partial charge is 0.232 e. The van der Waals surface area contributed by atoms with Gasteiger partial charge in [-0.3, -0.25) is 4.98 Å². The minimum absolute atomic E-state index is 0.282. The van der Waals surface area contributed by atoms with Gasteiger partial charge in [-0.25, -0.2) is 4.98 Å². The van der Waals surface area contributed by atoms with E-state index < -0.39 is 0 Å². The Morgan fingerprint density at radius 1 is 1.26 bits per heavy atom. The number of nitrogens with zero attached hydrogens (tertiary/aromatic N) is 2. The average Bonchev–Trinajstić information content (AvgIpc) is 2.27. The van der Waals surface area contributed by atoms with E-state index in [1.807, 2.05) is 0 Å². The normalized spacial score (nSPS) is 11.9. The lowest BCUT2D eigenvalue weighted by Gasteiger charge is -2.17. The summed E-state index contributed by atoms with van der Waals surface area (Å²) >= 11 is 0. The molecule has 0 aliphatic rings. The molecule has 0 radical (unpaired) electrons. The lowest BCUT2D eigenvalue weighted by Crippen LogP contribution is -2.20. The summed E-state index contributed by atoms with van der Waals surface area (Å²) in [5.41, 5.74) is 1.21. The van der Waals surface area contributed by atoms with Crippen molar-refractivity contribution in [1.82, 2.24) is 15.3 Å². The molecular weight excluding hydrogens is 238 g/mol. The Labute approximate surface area is 117 Å². The van der Waals surface area contributed by atoms with Crippen molar-refractivity contribution in [1.29, 1.82) is 0 Å². The summed E-state index contributed by atoms with van der Waals surface area (Å²) in [6.07, 6.45) is 4.46. The predicted octanol–water partition coefficient (Wildman–Crippen LogP) is 3.04. The van der Waals surface area contributed by atoms with Crippen molar-refractivity contribution in [3.8, 4) is 5.88 Å². The van der Waals surface area contributed by atoms with Crippen LogP contribution in [0.2, 0.25) is 0 Å². The highest BCUT2D eigenvalue weighted by atomic mass is 16.5. The molecule has 1 aromatic rings. The fourth-order valence-corrected chi connectivity index (χ4v) is 1.49. The maximum absolute atomic E-state index is 5.65. The minimum Gasteiger partial charge on any atom is -0.477 e. The van der Waals surface area contributed by atoms with Gasteiger partial charge in [0.1, 0.15) is 0 Å². The molecule has 0 bridgehead atoms. The highest BCUT2D eigenvalue weighted by Crippen LogP contribution is 2.18. The average molecular weight is 265 g/mol. The molecule has 0 aliphatic carbocycles. The molecule has 19 heavy (non-hydrogen) atoms. The van der Waals surface area contributed by atoms with Crippen molar-refractivity contribution >= 4 is 0 Å². The second-order valence-corrected chi connectivity index (χ2v) is 6.53. The van der Waals surface area contributed by atoms with Crippen LogP contribution >= 0.6 is 0 Å². The Morgan fingerprint density at radius 3 is 2.63 bits per heavy atom. The Bertz CT molecular complexity index is 372. The standard InChI is InChI=1S/C15H27N3O/c1-12(2)8-16-9-13-10-17-11-14(18-13)19-7-6-15(3,4)5/h10-12,16H,6-9H2,1-5H3. The molecule has 1 N–H and O–H groups in total. The van der Waals surface area contributed by atoms with Gasteiger partial charge < -0.3 is 10.1 Å². The molecule has 4 nitrogen and oxygen atoms in total. The van der Waals surface area contributed by atoms with Gasteiger partial charge in [0.15, 0.2) is 0 Å². The topological polar surface area (TPSA) is 47.0 Å². The maximum atomic E-state index is 5.65. The molecule has 1 rings (SSSR count). The van der Waals surface area contributed by atoms with Crippen LogP contribution in [0.3, 0.4) is 0 Å². The van der Waals surface area contributed by atoms with Crippen LogP contribution in [0.1, 0.15) is 46.7 Å².